The molecule has 206 valence electrons. The van der Waals surface area contributed by atoms with Gasteiger partial charge in [-0.15, -0.1) is 0 Å². The number of esters is 1. The lowest BCUT2D eigenvalue weighted by molar-refractivity contribution is -0.147. The van der Waals surface area contributed by atoms with Crippen molar-refractivity contribution in [2.45, 2.75) is 52.9 Å². The Morgan fingerprint density at radius 2 is 1.64 bits per heavy atom. The number of anilines is 2. The molecule has 39 heavy (non-hydrogen) atoms. The SMILES string of the molecule is Cc1ccc(C(C)C)c(Oc2ccc(NC(=O)CCCC(=O)OCC(=O)Nc3ccc(Br)c(Cl)c3C)cc2)c1. The van der Waals surface area contributed by atoms with Gasteiger partial charge in [0.1, 0.15) is 11.5 Å². The van der Waals surface area contributed by atoms with E-state index in [4.69, 9.17) is 21.1 Å². The maximum Gasteiger partial charge on any atom is 0.306 e. The fourth-order valence-corrected chi connectivity index (χ4v) is 4.34. The van der Waals surface area contributed by atoms with Gasteiger partial charge in [0.05, 0.1) is 5.02 Å². The van der Waals surface area contributed by atoms with Crippen LogP contribution in [-0.2, 0) is 19.1 Å². The summed E-state index contributed by atoms with van der Waals surface area (Å²) in [6.45, 7) is 7.61. The molecule has 0 fully saturated rings. The van der Waals surface area contributed by atoms with Gasteiger partial charge in [0.15, 0.2) is 6.61 Å². The molecule has 3 rings (SSSR count). The molecule has 0 bridgehead atoms. The average Bonchev–Trinajstić information content (AvgIpc) is 2.89. The minimum absolute atomic E-state index is 0.0191. The third-order valence-electron chi connectivity index (χ3n) is 5.92. The zero-order valence-electron chi connectivity index (χ0n) is 22.4. The zero-order valence-corrected chi connectivity index (χ0v) is 24.7. The van der Waals surface area contributed by atoms with E-state index < -0.39 is 18.5 Å². The van der Waals surface area contributed by atoms with Gasteiger partial charge < -0.3 is 20.1 Å². The smallest absolute Gasteiger partial charge is 0.306 e. The van der Waals surface area contributed by atoms with Crippen molar-refractivity contribution in [1.82, 2.24) is 0 Å². The Hall–Kier alpha value is -3.36. The van der Waals surface area contributed by atoms with E-state index in [2.05, 4.69) is 52.5 Å². The van der Waals surface area contributed by atoms with Crippen LogP contribution in [0.5, 0.6) is 11.5 Å². The standard InChI is InChI=1S/C30H32BrClN2O5/c1-18(2)23-13-8-19(3)16-26(23)39-22-11-9-21(10-12-22)33-27(35)6-5-7-29(37)38-17-28(36)34-25-15-14-24(31)30(32)20(25)4/h8-16,18H,5-7,17H2,1-4H3,(H,33,35)(H,34,36). The van der Waals surface area contributed by atoms with Crippen LogP contribution in [0, 0.1) is 13.8 Å². The van der Waals surface area contributed by atoms with E-state index >= 15 is 0 Å². The highest BCUT2D eigenvalue weighted by Crippen LogP contribution is 2.32. The van der Waals surface area contributed by atoms with Gasteiger partial charge >= 0.3 is 5.97 Å². The molecule has 0 aromatic heterocycles. The van der Waals surface area contributed by atoms with Crippen molar-refractivity contribution in [3.8, 4) is 11.5 Å². The molecule has 0 unspecified atom stereocenters. The van der Waals surface area contributed by atoms with Crippen LogP contribution < -0.4 is 15.4 Å². The lowest BCUT2D eigenvalue weighted by Crippen LogP contribution is -2.21. The van der Waals surface area contributed by atoms with Crippen LogP contribution in [0.25, 0.3) is 0 Å². The Labute approximate surface area is 242 Å². The van der Waals surface area contributed by atoms with Gasteiger partial charge in [-0.05, 0) is 101 Å². The van der Waals surface area contributed by atoms with Crippen molar-refractivity contribution in [3.63, 3.8) is 0 Å². The first-order chi connectivity index (χ1) is 18.5. The van der Waals surface area contributed by atoms with E-state index in [1.165, 1.54) is 0 Å². The number of amides is 2. The lowest BCUT2D eigenvalue weighted by atomic mass is 10.0. The molecule has 0 saturated heterocycles. The summed E-state index contributed by atoms with van der Waals surface area (Å²) in [4.78, 5) is 36.4. The molecule has 0 aliphatic heterocycles. The molecule has 9 heteroatoms. The highest BCUT2D eigenvalue weighted by Gasteiger charge is 2.13. The molecule has 0 aliphatic carbocycles. The first-order valence-corrected chi connectivity index (χ1v) is 13.8. The summed E-state index contributed by atoms with van der Waals surface area (Å²) in [6, 6.07) is 16.7. The van der Waals surface area contributed by atoms with Crippen LogP contribution in [0.2, 0.25) is 5.02 Å². The summed E-state index contributed by atoms with van der Waals surface area (Å²) >= 11 is 9.48. The van der Waals surface area contributed by atoms with Crippen molar-refractivity contribution < 1.29 is 23.9 Å². The van der Waals surface area contributed by atoms with Gasteiger partial charge in [-0.2, -0.15) is 0 Å². The van der Waals surface area contributed by atoms with E-state index in [1.807, 2.05) is 13.0 Å². The maximum atomic E-state index is 12.3. The first-order valence-electron chi connectivity index (χ1n) is 12.6. The normalized spacial score (nSPS) is 10.7. The van der Waals surface area contributed by atoms with Crippen molar-refractivity contribution in [1.29, 1.82) is 0 Å². The number of benzene rings is 3. The molecule has 0 atom stereocenters. The second-order valence-electron chi connectivity index (χ2n) is 9.47. The summed E-state index contributed by atoms with van der Waals surface area (Å²) in [5, 5.41) is 5.98. The summed E-state index contributed by atoms with van der Waals surface area (Å²) in [5.74, 6) is 0.566. The van der Waals surface area contributed by atoms with Crippen LogP contribution in [0.1, 0.15) is 55.7 Å². The summed E-state index contributed by atoms with van der Waals surface area (Å²) in [7, 11) is 0. The fourth-order valence-electron chi connectivity index (χ4n) is 3.75. The fraction of sp³-hybridized carbons (Fsp3) is 0.300. The minimum atomic E-state index is -0.554. The number of ether oxygens (including phenoxy) is 2. The molecule has 2 N–H and O–H groups in total. The second-order valence-corrected chi connectivity index (χ2v) is 10.7. The van der Waals surface area contributed by atoms with Crippen LogP contribution in [0.15, 0.2) is 59.1 Å². The molecule has 0 spiro atoms. The Kier molecular flexibility index (Phi) is 10.9. The predicted octanol–water partition coefficient (Wildman–Crippen LogP) is 7.93. The number of hydrogen-bond donors (Lipinski definition) is 2. The highest BCUT2D eigenvalue weighted by molar-refractivity contribution is 9.10. The maximum absolute atomic E-state index is 12.3. The molecular formula is C30H32BrClN2O5. The van der Waals surface area contributed by atoms with Gasteiger partial charge in [0.25, 0.3) is 5.91 Å². The van der Waals surface area contributed by atoms with Gasteiger partial charge in [-0.3, -0.25) is 14.4 Å². The molecule has 2 amide bonds. The molecular weight excluding hydrogens is 584 g/mol. The molecule has 3 aromatic rings. The summed E-state index contributed by atoms with van der Waals surface area (Å²) < 4.78 is 11.8. The van der Waals surface area contributed by atoms with E-state index in [1.54, 1.807) is 43.3 Å². The summed E-state index contributed by atoms with van der Waals surface area (Å²) in [5.41, 5.74) is 4.11. The highest BCUT2D eigenvalue weighted by atomic mass is 79.9. The first kappa shape index (κ1) is 30.2. The number of nitrogens with one attached hydrogen (secondary N) is 2. The molecule has 0 aliphatic rings. The number of hydrogen-bond acceptors (Lipinski definition) is 5. The number of carbonyl (C=O) groups is 3. The van der Waals surface area contributed by atoms with Crippen molar-refractivity contribution in [2.75, 3.05) is 17.2 Å². The summed E-state index contributed by atoms with van der Waals surface area (Å²) in [6.07, 6.45) is 0.447. The Morgan fingerprint density at radius 1 is 0.923 bits per heavy atom. The van der Waals surface area contributed by atoms with E-state index in [0.29, 0.717) is 40.0 Å². The van der Waals surface area contributed by atoms with Gasteiger partial charge in [0.2, 0.25) is 5.91 Å². The number of carbonyl (C=O) groups excluding carboxylic acids is 3. The monoisotopic (exact) mass is 614 g/mol. The van der Waals surface area contributed by atoms with E-state index in [-0.39, 0.29) is 18.7 Å². The van der Waals surface area contributed by atoms with Crippen LogP contribution in [0.3, 0.4) is 0 Å². The Morgan fingerprint density at radius 3 is 2.33 bits per heavy atom. The Bertz CT molecular complexity index is 1340. The molecule has 0 radical (unpaired) electrons. The van der Waals surface area contributed by atoms with E-state index in [9.17, 15) is 14.4 Å². The molecule has 7 nitrogen and oxygen atoms in total. The van der Waals surface area contributed by atoms with Crippen LogP contribution in [0.4, 0.5) is 11.4 Å². The van der Waals surface area contributed by atoms with Crippen molar-refractivity contribution >= 4 is 56.7 Å². The molecule has 0 saturated carbocycles. The third-order valence-corrected chi connectivity index (χ3v) is 7.30. The van der Waals surface area contributed by atoms with Crippen LogP contribution in [-0.4, -0.2) is 24.4 Å². The predicted molar refractivity (Wildman–Crippen MR) is 158 cm³/mol. The number of aryl methyl sites for hydroxylation is 1. The molecule has 3 aromatic carbocycles. The van der Waals surface area contributed by atoms with Gasteiger partial charge in [0, 0.05) is 28.7 Å². The van der Waals surface area contributed by atoms with Gasteiger partial charge in [-0.25, -0.2) is 0 Å². The lowest BCUT2D eigenvalue weighted by Gasteiger charge is -2.15. The van der Waals surface area contributed by atoms with E-state index in [0.717, 1.165) is 21.3 Å². The average molecular weight is 616 g/mol. The van der Waals surface area contributed by atoms with Crippen LogP contribution >= 0.6 is 27.5 Å². The largest absolute Gasteiger partial charge is 0.457 e. The Balaban J connectivity index is 1.39. The second kappa shape index (κ2) is 14.1. The van der Waals surface area contributed by atoms with Crippen molar-refractivity contribution in [2.24, 2.45) is 0 Å². The third kappa shape index (κ3) is 9.11. The zero-order chi connectivity index (χ0) is 28.5. The molecule has 0 heterocycles. The number of rotatable bonds is 11. The number of halogens is 2. The van der Waals surface area contributed by atoms with Gasteiger partial charge in [-0.1, -0.05) is 37.6 Å². The topological polar surface area (TPSA) is 93.7 Å². The minimum Gasteiger partial charge on any atom is -0.457 e. The van der Waals surface area contributed by atoms with Crippen molar-refractivity contribution in [3.05, 3.63) is 80.8 Å². The quantitative estimate of drug-likeness (QED) is 0.214.